The first-order valence-corrected chi connectivity index (χ1v) is 8.42. The van der Waals surface area contributed by atoms with Crippen molar-refractivity contribution in [3.8, 4) is 17.6 Å². The fourth-order valence-corrected chi connectivity index (χ4v) is 2.47. The van der Waals surface area contributed by atoms with Gasteiger partial charge in [-0.1, -0.05) is 18.2 Å². The van der Waals surface area contributed by atoms with Crippen molar-refractivity contribution in [2.24, 2.45) is 5.10 Å². The number of nitrogens with zero attached hydrogens (tertiary/aromatic N) is 2. The van der Waals surface area contributed by atoms with E-state index in [4.69, 9.17) is 14.7 Å². The number of benzene rings is 3. The van der Waals surface area contributed by atoms with Crippen LogP contribution >= 0.6 is 0 Å². The predicted molar refractivity (Wildman–Crippen MR) is 106 cm³/mol. The topological polar surface area (TPSA) is 66.6 Å². The SMILES string of the molecule is COc1ccc(C=NNc2ccccc2)cc1COc1ccc(C#N)cc1. The minimum absolute atomic E-state index is 0.350. The molecule has 134 valence electrons. The van der Waals surface area contributed by atoms with Crippen LogP contribution in [0.25, 0.3) is 0 Å². The van der Waals surface area contributed by atoms with E-state index in [1.807, 2.05) is 48.5 Å². The Balaban J connectivity index is 1.68. The standard InChI is InChI=1S/C22H19N3O2/c1-26-22-12-9-18(15-24-25-20-5-3-2-4-6-20)13-19(22)16-27-21-10-7-17(14-23)8-11-21/h2-13,15,25H,16H2,1H3. The molecule has 0 saturated carbocycles. The molecule has 0 radical (unpaired) electrons. The summed E-state index contributed by atoms with van der Waals surface area (Å²) in [4.78, 5) is 0. The van der Waals surface area contributed by atoms with Crippen molar-refractivity contribution in [1.29, 1.82) is 5.26 Å². The smallest absolute Gasteiger partial charge is 0.125 e. The van der Waals surface area contributed by atoms with Crippen LogP contribution in [-0.4, -0.2) is 13.3 Å². The second kappa shape index (κ2) is 9.07. The molecule has 0 saturated heterocycles. The molecule has 27 heavy (non-hydrogen) atoms. The normalized spacial score (nSPS) is 10.4. The Morgan fingerprint density at radius 2 is 1.81 bits per heavy atom. The molecule has 3 rings (SSSR count). The number of hydrogen-bond acceptors (Lipinski definition) is 5. The van der Waals surface area contributed by atoms with Gasteiger partial charge >= 0.3 is 0 Å². The second-order valence-electron chi connectivity index (χ2n) is 5.73. The van der Waals surface area contributed by atoms with Crippen LogP contribution in [-0.2, 0) is 6.61 Å². The molecule has 0 aliphatic rings. The van der Waals surface area contributed by atoms with Crippen molar-refractivity contribution in [3.63, 3.8) is 0 Å². The molecule has 0 amide bonds. The van der Waals surface area contributed by atoms with E-state index in [1.165, 1.54) is 0 Å². The van der Waals surface area contributed by atoms with Crippen LogP contribution in [0.5, 0.6) is 11.5 Å². The lowest BCUT2D eigenvalue weighted by atomic mass is 10.1. The highest BCUT2D eigenvalue weighted by atomic mass is 16.5. The third-order valence-corrected chi connectivity index (χ3v) is 3.86. The predicted octanol–water partition coefficient (Wildman–Crippen LogP) is 4.59. The van der Waals surface area contributed by atoms with E-state index in [0.717, 1.165) is 22.6 Å². The zero-order valence-corrected chi connectivity index (χ0v) is 14.9. The lowest BCUT2D eigenvalue weighted by Gasteiger charge is -2.11. The summed E-state index contributed by atoms with van der Waals surface area (Å²) in [5, 5.41) is 13.1. The maximum absolute atomic E-state index is 8.85. The highest BCUT2D eigenvalue weighted by Crippen LogP contribution is 2.22. The summed E-state index contributed by atoms with van der Waals surface area (Å²) >= 11 is 0. The zero-order valence-electron chi connectivity index (χ0n) is 14.9. The first kappa shape index (κ1) is 18.0. The molecule has 0 heterocycles. The van der Waals surface area contributed by atoms with Crippen molar-refractivity contribution >= 4 is 11.9 Å². The molecule has 0 unspecified atom stereocenters. The van der Waals surface area contributed by atoms with Gasteiger partial charge in [-0.25, -0.2) is 0 Å². The Morgan fingerprint density at radius 1 is 1.04 bits per heavy atom. The number of para-hydroxylation sites is 1. The Labute approximate surface area is 158 Å². The average molecular weight is 357 g/mol. The maximum Gasteiger partial charge on any atom is 0.125 e. The fourth-order valence-electron chi connectivity index (χ4n) is 2.47. The molecular weight excluding hydrogens is 338 g/mol. The third kappa shape index (κ3) is 5.10. The van der Waals surface area contributed by atoms with Gasteiger partial charge in [-0.15, -0.1) is 0 Å². The van der Waals surface area contributed by atoms with Gasteiger partial charge in [-0.3, -0.25) is 5.43 Å². The molecule has 0 fully saturated rings. The lowest BCUT2D eigenvalue weighted by Crippen LogP contribution is -2.00. The molecule has 3 aromatic rings. The van der Waals surface area contributed by atoms with E-state index in [2.05, 4.69) is 16.6 Å². The Morgan fingerprint density at radius 3 is 2.52 bits per heavy atom. The first-order valence-electron chi connectivity index (χ1n) is 8.42. The Kier molecular flexibility index (Phi) is 6.05. The summed E-state index contributed by atoms with van der Waals surface area (Å²) in [7, 11) is 1.63. The van der Waals surface area contributed by atoms with Gasteiger partial charge in [-0.05, 0) is 60.2 Å². The minimum atomic E-state index is 0.350. The van der Waals surface area contributed by atoms with Gasteiger partial charge in [0.1, 0.15) is 18.1 Å². The van der Waals surface area contributed by atoms with E-state index in [1.54, 1.807) is 37.6 Å². The van der Waals surface area contributed by atoms with Crippen LogP contribution in [0.3, 0.4) is 0 Å². The van der Waals surface area contributed by atoms with Gasteiger partial charge < -0.3 is 9.47 Å². The van der Waals surface area contributed by atoms with Gasteiger partial charge in [0.15, 0.2) is 0 Å². The van der Waals surface area contributed by atoms with Crippen LogP contribution < -0.4 is 14.9 Å². The van der Waals surface area contributed by atoms with Crippen LogP contribution in [0.15, 0.2) is 77.9 Å². The molecule has 0 bridgehead atoms. The molecule has 0 aliphatic heterocycles. The Hall–Kier alpha value is -3.78. The number of methoxy groups -OCH3 is 1. The monoisotopic (exact) mass is 357 g/mol. The van der Waals surface area contributed by atoms with Crippen LogP contribution in [0, 0.1) is 11.3 Å². The van der Waals surface area contributed by atoms with Crippen LogP contribution in [0.2, 0.25) is 0 Å². The number of ether oxygens (including phenoxy) is 2. The highest BCUT2D eigenvalue weighted by molar-refractivity contribution is 5.81. The summed E-state index contributed by atoms with van der Waals surface area (Å²) < 4.78 is 11.2. The minimum Gasteiger partial charge on any atom is -0.496 e. The van der Waals surface area contributed by atoms with Crippen molar-refractivity contribution < 1.29 is 9.47 Å². The molecule has 0 spiro atoms. The van der Waals surface area contributed by atoms with Gasteiger partial charge in [0.05, 0.1) is 30.6 Å². The van der Waals surface area contributed by atoms with Gasteiger partial charge in [0, 0.05) is 5.56 Å². The third-order valence-electron chi connectivity index (χ3n) is 3.86. The van der Waals surface area contributed by atoms with Crippen molar-refractivity contribution in [2.75, 3.05) is 12.5 Å². The number of hydrazone groups is 1. The fraction of sp³-hybridized carbons (Fsp3) is 0.0909. The highest BCUT2D eigenvalue weighted by Gasteiger charge is 2.05. The van der Waals surface area contributed by atoms with E-state index in [-0.39, 0.29) is 0 Å². The maximum atomic E-state index is 8.85. The number of anilines is 1. The molecular formula is C22H19N3O2. The van der Waals surface area contributed by atoms with Crippen LogP contribution in [0.1, 0.15) is 16.7 Å². The van der Waals surface area contributed by atoms with Gasteiger partial charge in [0.2, 0.25) is 0 Å². The summed E-state index contributed by atoms with van der Waals surface area (Å²) in [5.41, 5.74) is 6.35. The molecule has 0 atom stereocenters. The van der Waals surface area contributed by atoms with E-state index in [0.29, 0.717) is 17.9 Å². The van der Waals surface area contributed by atoms with Crippen molar-refractivity contribution in [3.05, 3.63) is 89.5 Å². The largest absolute Gasteiger partial charge is 0.496 e. The molecule has 5 nitrogen and oxygen atoms in total. The molecule has 5 heteroatoms. The number of rotatable bonds is 7. The van der Waals surface area contributed by atoms with Crippen molar-refractivity contribution in [2.45, 2.75) is 6.61 Å². The lowest BCUT2D eigenvalue weighted by molar-refractivity contribution is 0.296. The van der Waals surface area contributed by atoms with Crippen molar-refractivity contribution in [1.82, 2.24) is 0 Å². The van der Waals surface area contributed by atoms with Gasteiger partial charge in [0.25, 0.3) is 0 Å². The molecule has 3 aromatic carbocycles. The summed E-state index contributed by atoms with van der Waals surface area (Å²) in [6.07, 6.45) is 1.75. The molecule has 0 aliphatic carbocycles. The molecule has 0 aromatic heterocycles. The number of hydrogen-bond donors (Lipinski definition) is 1. The van der Waals surface area contributed by atoms with Crippen LogP contribution in [0.4, 0.5) is 5.69 Å². The first-order chi connectivity index (χ1) is 13.3. The molecule has 1 N–H and O–H groups in total. The van der Waals surface area contributed by atoms with E-state index < -0.39 is 0 Å². The summed E-state index contributed by atoms with van der Waals surface area (Å²) in [6, 6.07) is 24.6. The number of nitrogens with one attached hydrogen (secondary N) is 1. The summed E-state index contributed by atoms with van der Waals surface area (Å²) in [6.45, 7) is 0.350. The zero-order chi connectivity index (χ0) is 18.9. The Bertz CT molecular complexity index is 946. The number of nitriles is 1. The van der Waals surface area contributed by atoms with Gasteiger partial charge in [-0.2, -0.15) is 10.4 Å². The second-order valence-corrected chi connectivity index (χ2v) is 5.73. The average Bonchev–Trinajstić information content (AvgIpc) is 2.73. The summed E-state index contributed by atoms with van der Waals surface area (Å²) in [5.74, 6) is 1.44. The van der Waals surface area contributed by atoms with E-state index >= 15 is 0 Å². The quantitative estimate of drug-likeness (QED) is 0.496. The van der Waals surface area contributed by atoms with E-state index in [9.17, 15) is 0 Å².